The van der Waals surface area contributed by atoms with Gasteiger partial charge in [0.1, 0.15) is 5.82 Å². The minimum absolute atomic E-state index is 0.142. The van der Waals surface area contributed by atoms with Crippen LogP contribution in [-0.4, -0.2) is 15.6 Å². The summed E-state index contributed by atoms with van der Waals surface area (Å²) in [6.07, 6.45) is 6.27. The molecule has 1 aromatic heterocycles. The molecule has 98 valence electrons. The fraction of sp³-hybridized carbons (Fsp3) is 0.200. The Hall–Kier alpha value is -2.23. The lowest BCUT2D eigenvalue weighted by molar-refractivity contribution is 0.104. The molecule has 0 saturated heterocycles. The van der Waals surface area contributed by atoms with E-state index in [0.717, 1.165) is 0 Å². The molecule has 0 amide bonds. The van der Waals surface area contributed by atoms with Crippen LogP contribution in [0.2, 0.25) is 0 Å². The Labute approximate surface area is 111 Å². The van der Waals surface area contributed by atoms with E-state index < -0.39 is 0 Å². The smallest absolute Gasteiger partial charge is 0.189 e. The molecule has 2 rings (SSSR count). The van der Waals surface area contributed by atoms with Crippen molar-refractivity contribution in [3.05, 3.63) is 59.7 Å². The Morgan fingerprint density at radius 2 is 2.21 bits per heavy atom. The lowest BCUT2D eigenvalue weighted by Gasteiger charge is -2.02. The van der Waals surface area contributed by atoms with E-state index in [4.69, 9.17) is 0 Å². The summed E-state index contributed by atoms with van der Waals surface area (Å²) in [4.78, 5) is 11.9. The molecule has 0 atom stereocenters. The third kappa shape index (κ3) is 3.37. The van der Waals surface area contributed by atoms with Crippen LogP contribution < -0.4 is 0 Å². The summed E-state index contributed by atoms with van der Waals surface area (Å²) in [6, 6.07) is 6.31. The number of ketones is 1. The average Bonchev–Trinajstić information content (AvgIpc) is 2.86. The van der Waals surface area contributed by atoms with Crippen LogP contribution in [0.15, 0.2) is 42.7 Å². The molecule has 0 aliphatic rings. The number of hydrogen-bond acceptors (Lipinski definition) is 2. The Morgan fingerprint density at radius 3 is 2.84 bits per heavy atom. The number of halogens is 1. The van der Waals surface area contributed by atoms with Gasteiger partial charge in [0.15, 0.2) is 5.78 Å². The fourth-order valence-electron chi connectivity index (χ4n) is 1.63. The monoisotopic (exact) mass is 258 g/mol. The zero-order valence-corrected chi connectivity index (χ0v) is 10.9. The largest absolute Gasteiger partial charge is 0.289 e. The molecule has 0 saturated carbocycles. The van der Waals surface area contributed by atoms with Crippen molar-refractivity contribution in [1.29, 1.82) is 0 Å². The van der Waals surface area contributed by atoms with Gasteiger partial charge in [-0.3, -0.25) is 9.48 Å². The first-order chi connectivity index (χ1) is 9.06. The topological polar surface area (TPSA) is 34.9 Å². The van der Waals surface area contributed by atoms with E-state index in [1.165, 1.54) is 24.4 Å². The van der Waals surface area contributed by atoms with Crippen molar-refractivity contribution in [2.75, 3.05) is 0 Å². The third-order valence-electron chi connectivity index (χ3n) is 2.69. The minimum atomic E-state index is -0.317. The highest BCUT2D eigenvalue weighted by Crippen LogP contribution is 2.09. The van der Waals surface area contributed by atoms with Crippen molar-refractivity contribution in [1.82, 2.24) is 9.78 Å². The number of aromatic nitrogens is 2. The number of allylic oxidation sites excluding steroid dienone is 1. The highest BCUT2D eigenvalue weighted by Gasteiger charge is 2.06. The van der Waals surface area contributed by atoms with Crippen LogP contribution >= 0.6 is 0 Å². The summed E-state index contributed by atoms with van der Waals surface area (Å²) in [5, 5.41) is 4.11. The quantitative estimate of drug-likeness (QED) is 0.621. The van der Waals surface area contributed by atoms with Gasteiger partial charge in [-0.25, -0.2) is 4.39 Å². The van der Waals surface area contributed by atoms with Gasteiger partial charge in [-0.1, -0.05) is 18.2 Å². The zero-order valence-electron chi connectivity index (χ0n) is 10.9. The first-order valence-corrected chi connectivity index (χ1v) is 6.08. The van der Waals surface area contributed by atoms with E-state index in [1.807, 2.05) is 13.8 Å². The molecule has 19 heavy (non-hydrogen) atoms. The molecule has 0 unspecified atom stereocenters. The van der Waals surface area contributed by atoms with Gasteiger partial charge in [-0.15, -0.1) is 0 Å². The first-order valence-electron chi connectivity index (χ1n) is 6.08. The molecule has 0 fully saturated rings. The predicted octanol–water partition coefficient (Wildman–Crippen LogP) is 3.50. The molecule has 1 aromatic carbocycles. The highest BCUT2D eigenvalue weighted by molar-refractivity contribution is 6.06. The van der Waals surface area contributed by atoms with Gasteiger partial charge >= 0.3 is 0 Å². The van der Waals surface area contributed by atoms with Crippen molar-refractivity contribution in [2.45, 2.75) is 19.9 Å². The molecule has 3 nitrogen and oxygen atoms in total. The van der Waals surface area contributed by atoms with Crippen molar-refractivity contribution < 1.29 is 9.18 Å². The number of rotatable bonds is 4. The van der Waals surface area contributed by atoms with Gasteiger partial charge in [0.25, 0.3) is 0 Å². The maximum absolute atomic E-state index is 13.0. The zero-order chi connectivity index (χ0) is 13.8. The molecular formula is C15H15FN2O. The predicted molar refractivity (Wildman–Crippen MR) is 72.4 cm³/mol. The second kappa shape index (κ2) is 5.61. The molecular weight excluding hydrogens is 243 g/mol. The lowest BCUT2D eigenvalue weighted by atomic mass is 10.1. The Kier molecular flexibility index (Phi) is 3.90. The molecule has 0 N–H and O–H groups in total. The summed E-state index contributed by atoms with van der Waals surface area (Å²) in [5.41, 5.74) is 1.19. The minimum Gasteiger partial charge on any atom is -0.289 e. The van der Waals surface area contributed by atoms with Gasteiger partial charge in [0.05, 0.1) is 11.8 Å². The SMILES string of the molecule is CC(C)n1cc(C(=O)/C=C/c2cccc(F)c2)cn1. The lowest BCUT2D eigenvalue weighted by Crippen LogP contribution is -2.00. The molecule has 0 radical (unpaired) electrons. The highest BCUT2D eigenvalue weighted by atomic mass is 19.1. The maximum atomic E-state index is 13.0. The van der Waals surface area contributed by atoms with Crippen LogP contribution in [0.4, 0.5) is 4.39 Å². The number of carbonyl (C=O) groups excluding carboxylic acids is 1. The normalized spacial score (nSPS) is 11.4. The van der Waals surface area contributed by atoms with Crippen LogP contribution in [0.5, 0.6) is 0 Å². The van der Waals surface area contributed by atoms with E-state index in [0.29, 0.717) is 11.1 Å². The second-order valence-corrected chi connectivity index (χ2v) is 4.56. The van der Waals surface area contributed by atoms with E-state index in [2.05, 4.69) is 5.10 Å². The first kappa shape index (κ1) is 13.2. The molecule has 0 bridgehead atoms. The van der Waals surface area contributed by atoms with E-state index in [-0.39, 0.29) is 17.6 Å². The second-order valence-electron chi connectivity index (χ2n) is 4.56. The van der Waals surface area contributed by atoms with Crippen molar-refractivity contribution >= 4 is 11.9 Å². The third-order valence-corrected chi connectivity index (χ3v) is 2.69. The molecule has 0 aliphatic heterocycles. The fourth-order valence-corrected chi connectivity index (χ4v) is 1.63. The number of carbonyl (C=O) groups is 1. The Balaban J connectivity index is 2.12. The van der Waals surface area contributed by atoms with E-state index >= 15 is 0 Å². The summed E-state index contributed by atoms with van der Waals surface area (Å²) < 4.78 is 14.7. The van der Waals surface area contributed by atoms with Crippen molar-refractivity contribution in [3.8, 4) is 0 Å². The number of hydrogen-bond donors (Lipinski definition) is 0. The standard InChI is InChI=1S/C15H15FN2O/c1-11(2)18-10-13(9-17-18)15(19)7-6-12-4-3-5-14(16)8-12/h3-11H,1-2H3/b7-6+. The van der Waals surface area contributed by atoms with Crippen LogP contribution in [0, 0.1) is 5.82 Å². The molecule has 0 spiro atoms. The van der Waals surface area contributed by atoms with E-state index in [9.17, 15) is 9.18 Å². The summed E-state index contributed by atoms with van der Waals surface area (Å²) in [5.74, 6) is -0.460. The Bertz CT molecular complexity index is 614. The van der Waals surface area contributed by atoms with Gasteiger partial charge in [-0.2, -0.15) is 5.10 Å². The van der Waals surface area contributed by atoms with Crippen LogP contribution in [0.25, 0.3) is 6.08 Å². The van der Waals surface area contributed by atoms with E-state index in [1.54, 1.807) is 29.1 Å². The van der Waals surface area contributed by atoms with Crippen LogP contribution in [-0.2, 0) is 0 Å². The van der Waals surface area contributed by atoms with Crippen molar-refractivity contribution in [2.24, 2.45) is 0 Å². The number of nitrogens with zero attached hydrogens (tertiary/aromatic N) is 2. The van der Waals surface area contributed by atoms with Crippen molar-refractivity contribution in [3.63, 3.8) is 0 Å². The van der Waals surface area contributed by atoms with Gasteiger partial charge in [-0.05, 0) is 37.6 Å². The molecule has 0 aliphatic carbocycles. The van der Waals surface area contributed by atoms with Gasteiger partial charge in [0, 0.05) is 12.2 Å². The van der Waals surface area contributed by atoms with Gasteiger partial charge < -0.3 is 0 Å². The Morgan fingerprint density at radius 1 is 1.42 bits per heavy atom. The maximum Gasteiger partial charge on any atom is 0.189 e. The number of benzene rings is 1. The summed E-state index contributed by atoms with van der Waals surface area (Å²) >= 11 is 0. The molecule has 2 aromatic rings. The molecule has 4 heteroatoms. The average molecular weight is 258 g/mol. The summed E-state index contributed by atoms with van der Waals surface area (Å²) in [6.45, 7) is 3.98. The summed E-state index contributed by atoms with van der Waals surface area (Å²) in [7, 11) is 0. The van der Waals surface area contributed by atoms with Crippen LogP contribution in [0.3, 0.4) is 0 Å². The molecule has 1 heterocycles. The van der Waals surface area contributed by atoms with Gasteiger partial charge in [0.2, 0.25) is 0 Å². The van der Waals surface area contributed by atoms with Crippen LogP contribution in [0.1, 0.15) is 35.8 Å².